The molecule has 5 nitrogen and oxygen atoms in total. The van der Waals surface area contributed by atoms with Crippen LogP contribution in [0.3, 0.4) is 0 Å². The zero-order valence-corrected chi connectivity index (χ0v) is 14.9. The normalized spacial score (nSPS) is 26.8. The van der Waals surface area contributed by atoms with E-state index < -0.39 is 0 Å². The molecule has 3 rings (SSSR count). The predicted molar refractivity (Wildman–Crippen MR) is 97.0 cm³/mol. The van der Waals surface area contributed by atoms with Crippen molar-refractivity contribution in [2.45, 2.75) is 58.2 Å². The van der Waals surface area contributed by atoms with Gasteiger partial charge in [0.25, 0.3) is 0 Å². The first-order valence-electron chi connectivity index (χ1n) is 9.38. The van der Waals surface area contributed by atoms with E-state index in [0.29, 0.717) is 32.1 Å². The molecule has 1 aliphatic heterocycles. The molecule has 0 spiro atoms. The van der Waals surface area contributed by atoms with E-state index in [1.165, 1.54) is 12.8 Å². The standard InChI is InChI=1S/C20H28N2O3/c1-14-4-2-7-18(10-14)25-13-15-5-3-6-17(11-15)22-20(24)16-8-9-19(23)21-12-16/h3,5-6,11,14,16,18H,2,4,7-10,12-13H2,1H3,(H,21,23)(H,22,24)/t14-,16-,18+/m1/s1. The van der Waals surface area contributed by atoms with Crippen LogP contribution in [0.25, 0.3) is 0 Å². The third-order valence-electron chi connectivity index (χ3n) is 5.20. The fourth-order valence-corrected chi connectivity index (χ4v) is 3.68. The van der Waals surface area contributed by atoms with Gasteiger partial charge in [-0.25, -0.2) is 0 Å². The van der Waals surface area contributed by atoms with Gasteiger partial charge in [0, 0.05) is 18.7 Å². The highest BCUT2D eigenvalue weighted by molar-refractivity contribution is 5.94. The maximum absolute atomic E-state index is 12.3. The maximum atomic E-state index is 12.3. The molecule has 25 heavy (non-hydrogen) atoms. The summed E-state index contributed by atoms with van der Waals surface area (Å²) in [5.41, 5.74) is 1.87. The molecule has 1 heterocycles. The Kier molecular flexibility index (Phi) is 6.08. The Morgan fingerprint density at radius 1 is 1.32 bits per heavy atom. The lowest BCUT2D eigenvalue weighted by molar-refractivity contribution is -0.126. The van der Waals surface area contributed by atoms with E-state index in [2.05, 4.69) is 17.6 Å². The molecule has 136 valence electrons. The van der Waals surface area contributed by atoms with Crippen LogP contribution in [0, 0.1) is 11.8 Å². The minimum Gasteiger partial charge on any atom is -0.374 e. The maximum Gasteiger partial charge on any atom is 0.229 e. The summed E-state index contributed by atoms with van der Waals surface area (Å²) in [6, 6.07) is 7.85. The highest BCUT2D eigenvalue weighted by Crippen LogP contribution is 2.26. The molecule has 2 fully saturated rings. The average molecular weight is 344 g/mol. The number of rotatable bonds is 5. The zero-order chi connectivity index (χ0) is 17.6. The molecule has 1 saturated heterocycles. The molecule has 2 amide bonds. The van der Waals surface area contributed by atoms with Crippen molar-refractivity contribution in [1.29, 1.82) is 0 Å². The van der Waals surface area contributed by atoms with Gasteiger partial charge in [0.1, 0.15) is 0 Å². The molecule has 1 aliphatic carbocycles. The summed E-state index contributed by atoms with van der Waals surface area (Å²) >= 11 is 0. The van der Waals surface area contributed by atoms with E-state index in [0.717, 1.165) is 30.0 Å². The molecule has 2 aliphatic rings. The van der Waals surface area contributed by atoms with Crippen molar-refractivity contribution in [3.8, 4) is 0 Å². The summed E-state index contributed by atoms with van der Waals surface area (Å²) < 4.78 is 6.07. The number of piperidine rings is 1. The van der Waals surface area contributed by atoms with E-state index in [4.69, 9.17) is 4.74 Å². The molecule has 0 bridgehead atoms. The molecular formula is C20H28N2O3. The quantitative estimate of drug-likeness (QED) is 0.862. The Bertz CT molecular complexity index is 607. The molecule has 5 heteroatoms. The highest BCUT2D eigenvalue weighted by atomic mass is 16.5. The number of ether oxygens (including phenoxy) is 1. The van der Waals surface area contributed by atoms with Gasteiger partial charge >= 0.3 is 0 Å². The van der Waals surface area contributed by atoms with Gasteiger partial charge in [-0.2, -0.15) is 0 Å². The number of anilines is 1. The Morgan fingerprint density at radius 3 is 2.96 bits per heavy atom. The lowest BCUT2D eigenvalue weighted by atomic mass is 9.89. The van der Waals surface area contributed by atoms with Crippen LogP contribution in [-0.2, 0) is 20.9 Å². The van der Waals surface area contributed by atoms with Crippen LogP contribution in [0.2, 0.25) is 0 Å². The molecular weight excluding hydrogens is 316 g/mol. The van der Waals surface area contributed by atoms with Gasteiger partial charge in [-0.05, 0) is 42.9 Å². The summed E-state index contributed by atoms with van der Waals surface area (Å²) in [4.78, 5) is 23.5. The summed E-state index contributed by atoms with van der Waals surface area (Å²) in [5.74, 6) is 0.598. The highest BCUT2D eigenvalue weighted by Gasteiger charge is 2.24. The monoisotopic (exact) mass is 344 g/mol. The van der Waals surface area contributed by atoms with E-state index >= 15 is 0 Å². The summed E-state index contributed by atoms with van der Waals surface area (Å²) in [6.45, 7) is 3.30. The number of amides is 2. The van der Waals surface area contributed by atoms with Crippen LogP contribution in [0.1, 0.15) is 51.0 Å². The van der Waals surface area contributed by atoms with E-state index in [-0.39, 0.29) is 17.7 Å². The van der Waals surface area contributed by atoms with Crippen LogP contribution in [-0.4, -0.2) is 24.5 Å². The fraction of sp³-hybridized carbons (Fsp3) is 0.600. The third-order valence-corrected chi connectivity index (χ3v) is 5.20. The lowest BCUT2D eigenvalue weighted by Crippen LogP contribution is -2.40. The van der Waals surface area contributed by atoms with Gasteiger partial charge in [-0.3, -0.25) is 9.59 Å². The van der Waals surface area contributed by atoms with Gasteiger partial charge in [-0.15, -0.1) is 0 Å². The van der Waals surface area contributed by atoms with Crippen LogP contribution in [0.15, 0.2) is 24.3 Å². The largest absolute Gasteiger partial charge is 0.374 e. The molecule has 1 saturated carbocycles. The van der Waals surface area contributed by atoms with Gasteiger partial charge < -0.3 is 15.4 Å². The average Bonchev–Trinajstić information content (AvgIpc) is 2.61. The molecule has 2 N–H and O–H groups in total. The molecule has 0 aromatic heterocycles. The first-order chi connectivity index (χ1) is 12.1. The van der Waals surface area contributed by atoms with Crippen LogP contribution < -0.4 is 10.6 Å². The molecule has 3 atom stereocenters. The summed E-state index contributed by atoms with van der Waals surface area (Å²) in [5, 5.41) is 5.72. The SMILES string of the molecule is C[C@@H]1CCC[C@H](OCc2cccc(NC(=O)[C@@H]3CCC(=O)NC3)c2)C1. The van der Waals surface area contributed by atoms with E-state index in [9.17, 15) is 9.59 Å². The summed E-state index contributed by atoms with van der Waals surface area (Å²) in [6.07, 6.45) is 6.24. The van der Waals surface area contributed by atoms with Crippen molar-refractivity contribution in [3.63, 3.8) is 0 Å². The first kappa shape index (κ1) is 17.9. The number of carbonyl (C=O) groups is 2. The minimum absolute atomic E-state index is 0.0280. The number of hydrogen-bond donors (Lipinski definition) is 2. The molecule has 0 unspecified atom stereocenters. The van der Waals surface area contributed by atoms with Gasteiger partial charge in [0.15, 0.2) is 0 Å². The Balaban J connectivity index is 1.50. The third kappa shape index (κ3) is 5.30. The fourth-order valence-electron chi connectivity index (χ4n) is 3.68. The topological polar surface area (TPSA) is 67.4 Å². The summed E-state index contributed by atoms with van der Waals surface area (Å²) in [7, 11) is 0. The van der Waals surface area contributed by atoms with E-state index in [1.54, 1.807) is 0 Å². The van der Waals surface area contributed by atoms with E-state index in [1.807, 2.05) is 24.3 Å². The number of carbonyl (C=O) groups excluding carboxylic acids is 2. The van der Waals surface area contributed by atoms with Crippen molar-refractivity contribution >= 4 is 17.5 Å². The van der Waals surface area contributed by atoms with Crippen LogP contribution in [0.4, 0.5) is 5.69 Å². The molecule has 0 radical (unpaired) electrons. The second-order valence-electron chi connectivity index (χ2n) is 7.43. The Morgan fingerprint density at radius 2 is 2.20 bits per heavy atom. The van der Waals surface area contributed by atoms with Gasteiger partial charge in [0.2, 0.25) is 11.8 Å². The van der Waals surface area contributed by atoms with Gasteiger partial charge in [-0.1, -0.05) is 31.9 Å². The minimum atomic E-state index is -0.152. The van der Waals surface area contributed by atoms with Crippen molar-refractivity contribution in [1.82, 2.24) is 5.32 Å². The number of hydrogen-bond acceptors (Lipinski definition) is 3. The number of nitrogens with one attached hydrogen (secondary N) is 2. The van der Waals surface area contributed by atoms with Crippen molar-refractivity contribution in [2.24, 2.45) is 11.8 Å². The predicted octanol–water partition coefficient (Wildman–Crippen LogP) is 3.25. The van der Waals surface area contributed by atoms with Crippen LogP contribution >= 0.6 is 0 Å². The molecule has 1 aromatic carbocycles. The zero-order valence-electron chi connectivity index (χ0n) is 14.9. The van der Waals surface area contributed by atoms with Crippen molar-refractivity contribution in [3.05, 3.63) is 29.8 Å². The van der Waals surface area contributed by atoms with Crippen molar-refractivity contribution < 1.29 is 14.3 Å². The molecule has 1 aromatic rings. The Hall–Kier alpha value is -1.88. The second-order valence-corrected chi connectivity index (χ2v) is 7.43. The second kappa shape index (κ2) is 8.48. The Labute approximate surface area is 149 Å². The van der Waals surface area contributed by atoms with Crippen LogP contribution in [0.5, 0.6) is 0 Å². The smallest absolute Gasteiger partial charge is 0.229 e. The number of benzene rings is 1. The lowest BCUT2D eigenvalue weighted by Gasteiger charge is -2.26. The van der Waals surface area contributed by atoms with Crippen molar-refractivity contribution in [2.75, 3.05) is 11.9 Å². The first-order valence-corrected chi connectivity index (χ1v) is 9.38. The van der Waals surface area contributed by atoms with Gasteiger partial charge in [0.05, 0.1) is 18.6 Å².